The van der Waals surface area contributed by atoms with E-state index in [9.17, 15) is 9.90 Å². The van der Waals surface area contributed by atoms with E-state index in [1.807, 2.05) is 25.2 Å². The van der Waals surface area contributed by atoms with Crippen molar-refractivity contribution in [2.24, 2.45) is 0 Å². The van der Waals surface area contributed by atoms with Gasteiger partial charge < -0.3 is 19.9 Å². The van der Waals surface area contributed by atoms with Crippen molar-refractivity contribution in [1.29, 1.82) is 0 Å². The molecule has 0 spiro atoms. The molecule has 0 bridgehead atoms. The van der Waals surface area contributed by atoms with E-state index < -0.39 is 0 Å². The molecule has 1 aliphatic heterocycles. The van der Waals surface area contributed by atoms with Crippen LogP contribution < -0.4 is 10.1 Å². The number of fused-ring (bicyclic) bond motifs is 1. The highest BCUT2D eigenvalue weighted by atomic mass is 16.5. The van der Waals surface area contributed by atoms with Gasteiger partial charge in [0, 0.05) is 30.9 Å². The fourth-order valence-electron chi connectivity index (χ4n) is 2.63. The summed E-state index contributed by atoms with van der Waals surface area (Å²) in [5, 5.41) is 13.2. The van der Waals surface area contributed by atoms with Crippen molar-refractivity contribution in [3.8, 4) is 11.5 Å². The van der Waals surface area contributed by atoms with Gasteiger partial charge in [-0.25, -0.2) is 0 Å². The molecule has 0 aliphatic carbocycles. The molecule has 1 heterocycles. The highest BCUT2D eigenvalue weighted by Crippen LogP contribution is 2.37. The van der Waals surface area contributed by atoms with Crippen LogP contribution in [-0.2, 0) is 16.0 Å². The van der Waals surface area contributed by atoms with Crippen LogP contribution in [0.3, 0.4) is 0 Å². The number of hydrogen-bond donors (Lipinski definition) is 2. The number of carbonyl (C=O) groups excluding carboxylic acids is 1. The summed E-state index contributed by atoms with van der Waals surface area (Å²) in [4.78, 5) is 12.7. The van der Waals surface area contributed by atoms with Crippen LogP contribution in [0.1, 0.15) is 12.5 Å². The number of carbonyl (C=O) groups is 1. The Labute approximate surface area is 148 Å². The first-order chi connectivity index (χ1) is 12.0. The van der Waals surface area contributed by atoms with Gasteiger partial charge in [0.1, 0.15) is 11.5 Å². The van der Waals surface area contributed by atoms with E-state index in [2.05, 4.69) is 11.9 Å². The monoisotopic (exact) mass is 341 g/mol. The number of benzene rings is 1. The van der Waals surface area contributed by atoms with Crippen LogP contribution in [0.5, 0.6) is 11.5 Å². The third kappa shape index (κ3) is 4.19. The average molecular weight is 341 g/mol. The van der Waals surface area contributed by atoms with E-state index in [1.54, 1.807) is 26.5 Å². The molecule has 0 radical (unpaired) electrons. The number of ketones is 1. The van der Waals surface area contributed by atoms with Crippen molar-refractivity contribution in [1.82, 2.24) is 0 Å². The molecule has 0 amide bonds. The van der Waals surface area contributed by atoms with Crippen LogP contribution in [0.15, 0.2) is 59.9 Å². The van der Waals surface area contributed by atoms with Crippen molar-refractivity contribution < 1.29 is 19.4 Å². The smallest absolute Gasteiger partial charge is 0.169 e. The number of aromatic hydroxyl groups is 1. The van der Waals surface area contributed by atoms with Crippen molar-refractivity contribution in [3.63, 3.8) is 0 Å². The molecule has 2 rings (SSSR count). The van der Waals surface area contributed by atoms with Crippen LogP contribution >= 0.6 is 0 Å². The minimum absolute atomic E-state index is 0.0670. The van der Waals surface area contributed by atoms with Crippen molar-refractivity contribution in [2.45, 2.75) is 13.3 Å². The standard InChI is InChI=1S/C20H23NO4/c1-5-14(7-6-13(2)12-24-3)16-11-21-20-15(10-18(16)23)17(22)8-9-19(20)25-4/h5-9,11,21-22H,2,10,12H2,1,3-4H3/b7-6-,14-5+. The molecule has 0 saturated carbocycles. The van der Waals surface area contributed by atoms with Gasteiger partial charge in [0.25, 0.3) is 0 Å². The zero-order valence-corrected chi connectivity index (χ0v) is 14.8. The second-order valence-corrected chi connectivity index (χ2v) is 5.61. The first-order valence-electron chi connectivity index (χ1n) is 7.92. The summed E-state index contributed by atoms with van der Waals surface area (Å²) >= 11 is 0. The first kappa shape index (κ1) is 18.5. The van der Waals surface area contributed by atoms with Crippen LogP contribution in [0, 0.1) is 0 Å². The predicted molar refractivity (Wildman–Crippen MR) is 99.0 cm³/mol. The third-order valence-corrected chi connectivity index (χ3v) is 3.92. The summed E-state index contributed by atoms with van der Waals surface area (Å²) < 4.78 is 10.3. The number of ether oxygens (including phenoxy) is 2. The Balaban J connectivity index is 2.35. The van der Waals surface area contributed by atoms with E-state index in [4.69, 9.17) is 9.47 Å². The molecule has 0 saturated heterocycles. The number of Topliss-reactive ketones (excluding diaryl/α,β-unsaturated/α-hetero) is 1. The summed E-state index contributed by atoms with van der Waals surface area (Å²) in [7, 11) is 3.15. The highest BCUT2D eigenvalue weighted by molar-refractivity contribution is 6.04. The van der Waals surface area contributed by atoms with Gasteiger partial charge in [0.05, 0.1) is 19.4 Å². The fourth-order valence-corrected chi connectivity index (χ4v) is 2.63. The number of phenolic OH excluding ortho intramolecular Hbond substituents is 1. The van der Waals surface area contributed by atoms with Gasteiger partial charge >= 0.3 is 0 Å². The maximum absolute atomic E-state index is 12.7. The van der Waals surface area contributed by atoms with Crippen LogP contribution in [0.4, 0.5) is 5.69 Å². The van der Waals surface area contributed by atoms with E-state index >= 15 is 0 Å². The SMILES string of the molecule is C=C(/C=C\C(=C/C)C1=CNc2c(OC)ccc(O)c2CC1=O)COC. The lowest BCUT2D eigenvalue weighted by molar-refractivity contribution is -0.114. The Morgan fingerprint density at radius 2 is 2.12 bits per heavy atom. The van der Waals surface area contributed by atoms with Crippen molar-refractivity contribution in [3.05, 3.63) is 65.4 Å². The molecular formula is C20H23NO4. The maximum Gasteiger partial charge on any atom is 0.169 e. The highest BCUT2D eigenvalue weighted by Gasteiger charge is 2.23. The fraction of sp³-hybridized carbons (Fsp3) is 0.250. The van der Waals surface area contributed by atoms with Crippen molar-refractivity contribution >= 4 is 11.5 Å². The van der Waals surface area contributed by atoms with E-state index in [-0.39, 0.29) is 18.0 Å². The van der Waals surface area contributed by atoms with E-state index in [0.29, 0.717) is 29.2 Å². The van der Waals surface area contributed by atoms with Crippen LogP contribution in [0.25, 0.3) is 0 Å². The van der Waals surface area contributed by atoms with Gasteiger partial charge in [0.2, 0.25) is 0 Å². The third-order valence-electron chi connectivity index (χ3n) is 3.92. The molecule has 0 fully saturated rings. The second kappa shape index (κ2) is 8.35. The van der Waals surface area contributed by atoms with Gasteiger partial charge in [-0.05, 0) is 30.2 Å². The Hall–Kier alpha value is -2.79. The molecule has 0 atom stereocenters. The largest absolute Gasteiger partial charge is 0.508 e. The molecule has 1 aliphatic rings. The molecule has 25 heavy (non-hydrogen) atoms. The summed E-state index contributed by atoms with van der Waals surface area (Å²) in [5.74, 6) is 0.548. The summed E-state index contributed by atoms with van der Waals surface area (Å²) in [5.41, 5.74) is 3.23. The molecule has 2 N–H and O–H groups in total. The first-order valence-corrected chi connectivity index (χ1v) is 7.92. The molecule has 0 unspecified atom stereocenters. The minimum atomic E-state index is -0.0927. The van der Waals surface area contributed by atoms with Gasteiger partial charge in [-0.2, -0.15) is 0 Å². The number of rotatable bonds is 6. The quantitative estimate of drug-likeness (QED) is 0.775. The predicted octanol–water partition coefficient (Wildman–Crippen LogP) is 3.53. The van der Waals surface area contributed by atoms with Gasteiger partial charge in [-0.3, -0.25) is 4.79 Å². The van der Waals surface area contributed by atoms with Crippen LogP contribution in [-0.4, -0.2) is 31.7 Å². The Morgan fingerprint density at radius 1 is 1.36 bits per heavy atom. The molecule has 5 nitrogen and oxygen atoms in total. The number of hydrogen-bond acceptors (Lipinski definition) is 5. The zero-order valence-electron chi connectivity index (χ0n) is 14.8. The van der Waals surface area contributed by atoms with E-state index in [0.717, 1.165) is 11.1 Å². The van der Waals surface area contributed by atoms with Crippen LogP contribution in [0.2, 0.25) is 0 Å². The van der Waals surface area contributed by atoms with E-state index in [1.165, 1.54) is 6.07 Å². The molecule has 1 aromatic carbocycles. The van der Waals surface area contributed by atoms with Crippen molar-refractivity contribution in [2.75, 3.05) is 26.1 Å². The maximum atomic E-state index is 12.7. The Bertz CT molecular complexity index is 772. The molecular weight excluding hydrogens is 318 g/mol. The van der Waals surface area contributed by atoms with Gasteiger partial charge in [-0.1, -0.05) is 24.8 Å². The number of phenols is 1. The van der Waals surface area contributed by atoms with Gasteiger partial charge in [0.15, 0.2) is 5.78 Å². The lowest BCUT2D eigenvalue weighted by atomic mass is 9.97. The summed E-state index contributed by atoms with van der Waals surface area (Å²) in [6, 6.07) is 3.19. The number of methoxy groups -OCH3 is 2. The average Bonchev–Trinajstić information content (AvgIpc) is 2.77. The summed E-state index contributed by atoms with van der Waals surface area (Å²) in [6.45, 7) is 6.18. The van der Waals surface area contributed by atoms with Gasteiger partial charge in [-0.15, -0.1) is 0 Å². The minimum Gasteiger partial charge on any atom is -0.508 e. The molecule has 0 aromatic heterocycles. The number of allylic oxidation sites excluding steroid dienone is 4. The lowest BCUT2D eigenvalue weighted by Crippen LogP contribution is -2.07. The lowest BCUT2D eigenvalue weighted by Gasteiger charge is -2.12. The Kier molecular flexibility index (Phi) is 6.19. The normalized spacial score (nSPS) is 14.6. The number of anilines is 1. The topological polar surface area (TPSA) is 67.8 Å². The molecule has 5 heteroatoms. The Morgan fingerprint density at radius 3 is 2.76 bits per heavy atom. The second-order valence-electron chi connectivity index (χ2n) is 5.61. The molecule has 132 valence electrons. The number of nitrogens with one attached hydrogen (secondary N) is 1. The molecule has 1 aromatic rings. The zero-order chi connectivity index (χ0) is 18.4. The summed E-state index contributed by atoms with van der Waals surface area (Å²) in [6.07, 6.45) is 7.24.